The van der Waals surface area contributed by atoms with Crippen molar-refractivity contribution in [3.05, 3.63) is 59.7 Å². The molecule has 0 fully saturated rings. The van der Waals surface area contributed by atoms with Gasteiger partial charge in [-0.15, -0.1) is 0 Å². The van der Waals surface area contributed by atoms with Gasteiger partial charge in [0.05, 0.1) is 0 Å². The maximum atomic E-state index is 12.9. The Morgan fingerprint density at radius 2 is 1.56 bits per heavy atom. The minimum atomic E-state index is -1.12. The lowest BCUT2D eigenvalue weighted by Gasteiger charge is -2.29. The standard InChI is InChI=1S/C26H32N2O5S/c1-26(2,3)22(24(30)31)28-23(29)21(13-14-34-4)27-25(32)33-15-20-18-11-7-5-9-16(18)17-10-6-8-12-19(17)20/h5-12,20-22H,13-15H2,1-4H3,(H,27,32)(H,28,29)(H,30,31)/t21?,22-/m1/s1. The average molecular weight is 485 g/mol. The number of thioether (sulfide) groups is 1. The highest BCUT2D eigenvalue weighted by molar-refractivity contribution is 7.98. The number of rotatable bonds is 9. The van der Waals surface area contributed by atoms with Gasteiger partial charge in [0.1, 0.15) is 18.7 Å². The highest BCUT2D eigenvalue weighted by Crippen LogP contribution is 2.44. The third kappa shape index (κ3) is 5.91. The Balaban J connectivity index is 1.67. The fraction of sp³-hybridized carbons (Fsp3) is 0.423. The number of carbonyl (C=O) groups excluding carboxylic acids is 2. The smallest absolute Gasteiger partial charge is 0.407 e. The summed E-state index contributed by atoms with van der Waals surface area (Å²) < 4.78 is 5.57. The number of carboxylic acids is 1. The van der Waals surface area contributed by atoms with Crippen molar-refractivity contribution in [2.45, 2.75) is 45.2 Å². The number of hydrogen-bond donors (Lipinski definition) is 3. The van der Waals surface area contributed by atoms with E-state index in [9.17, 15) is 19.5 Å². The molecule has 7 nitrogen and oxygen atoms in total. The molecular formula is C26H32N2O5S. The molecule has 0 radical (unpaired) electrons. The third-order valence-electron chi connectivity index (χ3n) is 5.96. The lowest BCUT2D eigenvalue weighted by Crippen LogP contribution is -2.55. The van der Waals surface area contributed by atoms with Gasteiger partial charge in [-0.1, -0.05) is 69.3 Å². The van der Waals surface area contributed by atoms with Crippen LogP contribution in [0.4, 0.5) is 4.79 Å². The quantitative estimate of drug-likeness (QED) is 0.491. The van der Waals surface area contributed by atoms with Gasteiger partial charge in [-0.05, 0) is 46.1 Å². The van der Waals surface area contributed by atoms with Crippen molar-refractivity contribution in [2.75, 3.05) is 18.6 Å². The largest absolute Gasteiger partial charge is 0.480 e. The molecule has 3 rings (SSSR count). The van der Waals surface area contributed by atoms with Gasteiger partial charge in [0.15, 0.2) is 0 Å². The second kappa shape index (κ2) is 11.0. The van der Waals surface area contributed by atoms with Crippen LogP contribution < -0.4 is 10.6 Å². The predicted molar refractivity (Wildman–Crippen MR) is 134 cm³/mol. The zero-order valence-corrected chi connectivity index (χ0v) is 20.8. The van der Waals surface area contributed by atoms with E-state index in [0.717, 1.165) is 22.3 Å². The molecule has 0 saturated carbocycles. The van der Waals surface area contributed by atoms with Gasteiger partial charge in [0, 0.05) is 5.92 Å². The number of amides is 2. The van der Waals surface area contributed by atoms with E-state index >= 15 is 0 Å². The number of ether oxygens (including phenoxy) is 1. The van der Waals surface area contributed by atoms with E-state index in [-0.39, 0.29) is 12.5 Å². The molecule has 0 heterocycles. The lowest BCUT2D eigenvalue weighted by atomic mass is 9.86. The number of alkyl carbamates (subject to hydrolysis) is 1. The number of benzene rings is 2. The fourth-order valence-electron chi connectivity index (χ4n) is 4.18. The molecule has 34 heavy (non-hydrogen) atoms. The Bertz CT molecular complexity index is 1000. The predicted octanol–water partition coefficient (Wildman–Crippen LogP) is 4.26. The first-order valence-corrected chi connectivity index (χ1v) is 12.7. The highest BCUT2D eigenvalue weighted by atomic mass is 32.2. The first-order valence-electron chi connectivity index (χ1n) is 11.3. The van der Waals surface area contributed by atoms with Crippen molar-refractivity contribution in [1.29, 1.82) is 0 Å². The molecule has 2 amide bonds. The fourth-order valence-corrected chi connectivity index (χ4v) is 4.65. The summed E-state index contributed by atoms with van der Waals surface area (Å²) in [6.45, 7) is 5.35. The van der Waals surface area contributed by atoms with Gasteiger partial charge >= 0.3 is 12.1 Å². The Hall–Kier alpha value is -3.00. The van der Waals surface area contributed by atoms with Crippen LogP contribution in [0, 0.1) is 5.41 Å². The molecule has 0 aromatic heterocycles. The molecule has 2 aromatic carbocycles. The first-order chi connectivity index (χ1) is 16.1. The number of aliphatic carboxylic acids is 1. The Kier molecular flexibility index (Phi) is 8.25. The number of nitrogens with one attached hydrogen (secondary N) is 2. The number of hydrogen-bond acceptors (Lipinski definition) is 5. The SMILES string of the molecule is CSCCC(NC(=O)OCC1c2ccccc2-c2ccccc21)C(=O)N[C@H](C(=O)O)C(C)(C)C. The van der Waals surface area contributed by atoms with Crippen LogP contribution in [0.15, 0.2) is 48.5 Å². The van der Waals surface area contributed by atoms with Gasteiger partial charge in [0.2, 0.25) is 5.91 Å². The summed E-state index contributed by atoms with van der Waals surface area (Å²) in [6.07, 6.45) is 1.55. The number of carboxylic acid groups (broad SMARTS) is 1. The zero-order chi connectivity index (χ0) is 24.9. The molecule has 1 aliphatic rings. The molecule has 0 aliphatic heterocycles. The molecule has 0 spiro atoms. The molecule has 1 unspecified atom stereocenters. The number of fused-ring (bicyclic) bond motifs is 3. The topological polar surface area (TPSA) is 105 Å². The van der Waals surface area contributed by atoms with E-state index in [1.54, 1.807) is 20.8 Å². The van der Waals surface area contributed by atoms with Crippen LogP contribution in [0.2, 0.25) is 0 Å². The third-order valence-corrected chi connectivity index (χ3v) is 6.61. The van der Waals surface area contributed by atoms with E-state index < -0.39 is 35.5 Å². The van der Waals surface area contributed by atoms with E-state index in [0.29, 0.717) is 12.2 Å². The maximum Gasteiger partial charge on any atom is 0.407 e. The van der Waals surface area contributed by atoms with Gasteiger partial charge in [-0.25, -0.2) is 9.59 Å². The van der Waals surface area contributed by atoms with Crippen molar-refractivity contribution in [2.24, 2.45) is 5.41 Å². The monoisotopic (exact) mass is 484 g/mol. The van der Waals surface area contributed by atoms with Crippen LogP contribution in [0.25, 0.3) is 11.1 Å². The summed E-state index contributed by atoms with van der Waals surface area (Å²) in [5, 5.41) is 14.7. The average Bonchev–Trinajstić information content (AvgIpc) is 3.11. The molecule has 0 saturated heterocycles. The van der Waals surface area contributed by atoms with Crippen LogP contribution in [-0.2, 0) is 14.3 Å². The van der Waals surface area contributed by atoms with Crippen molar-refractivity contribution < 1.29 is 24.2 Å². The molecule has 1 aliphatic carbocycles. The highest BCUT2D eigenvalue weighted by Gasteiger charge is 2.35. The van der Waals surface area contributed by atoms with E-state index in [2.05, 4.69) is 22.8 Å². The lowest BCUT2D eigenvalue weighted by molar-refractivity contribution is -0.145. The Morgan fingerprint density at radius 3 is 2.06 bits per heavy atom. The van der Waals surface area contributed by atoms with E-state index in [1.165, 1.54) is 11.8 Å². The number of carbonyl (C=O) groups is 3. The zero-order valence-electron chi connectivity index (χ0n) is 20.0. The van der Waals surface area contributed by atoms with E-state index in [1.807, 2.05) is 42.7 Å². The van der Waals surface area contributed by atoms with Crippen molar-refractivity contribution in [1.82, 2.24) is 10.6 Å². The second-order valence-electron chi connectivity index (χ2n) is 9.45. The summed E-state index contributed by atoms with van der Waals surface area (Å²) in [4.78, 5) is 37.2. The minimum absolute atomic E-state index is 0.0890. The molecule has 2 aromatic rings. The van der Waals surface area contributed by atoms with Crippen LogP contribution in [0.1, 0.15) is 44.2 Å². The molecular weight excluding hydrogens is 452 g/mol. The van der Waals surface area contributed by atoms with Gasteiger partial charge in [0.25, 0.3) is 0 Å². The van der Waals surface area contributed by atoms with Crippen molar-refractivity contribution in [3.8, 4) is 11.1 Å². The summed E-state index contributed by atoms with van der Waals surface area (Å²) >= 11 is 1.54. The second-order valence-corrected chi connectivity index (χ2v) is 10.4. The minimum Gasteiger partial charge on any atom is -0.480 e. The summed E-state index contributed by atoms with van der Waals surface area (Å²) in [5.41, 5.74) is 3.78. The summed E-state index contributed by atoms with van der Waals surface area (Å²) in [5.74, 6) is -1.13. The molecule has 0 bridgehead atoms. The van der Waals surface area contributed by atoms with Crippen molar-refractivity contribution in [3.63, 3.8) is 0 Å². The molecule has 2 atom stereocenters. The van der Waals surface area contributed by atoms with Crippen LogP contribution in [0.3, 0.4) is 0 Å². The Morgan fingerprint density at radius 1 is 1.00 bits per heavy atom. The van der Waals surface area contributed by atoms with Gasteiger partial charge in [-0.3, -0.25) is 4.79 Å². The normalized spacial score (nSPS) is 14.5. The van der Waals surface area contributed by atoms with E-state index in [4.69, 9.17) is 4.74 Å². The van der Waals surface area contributed by atoms with Gasteiger partial charge in [-0.2, -0.15) is 11.8 Å². The Labute approximate surface area is 204 Å². The molecule has 3 N–H and O–H groups in total. The van der Waals surface area contributed by atoms with Crippen LogP contribution >= 0.6 is 11.8 Å². The summed E-state index contributed by atoms with van der Waals surface area (Å²) in [7, 11) is 0. The summed E-state index contributed by atoms with van der Waals surface area (Å²) in [6, 6.07) is 14.1. The van der Waals surface area contributed by atoms with Gasteiger partial charge < -0.3 is 20.5 Å². The maximum absolute atomic E-state index is 12.9. The first kappa shape index (κ1) is 25.6. The molecule has 8 heteroatoms. The van der Waals surface area contributed by atoms with Crippen molar-refractivity contribution >= 4 is 29.7 Å². The van der Waals surface area contributed by atoms with Crippen LogP contribution in [0.5, 0.6) is 0 Å². The van der Waals surface area contributed by atoms with Crippen LogP contribution in [-0.4, -0.2) is 53.8 Å². The molecule has 182 valence electrons.